The second-order valence-electron chi connectivity index (χ2n) is 3.65. The highest BCUT2D eigenvalue weighted by molar-refractivity contribution is 5.74. The van der Waals surface area contributed by atoms with E-state index in [9.17, 15) is 4.79 Å². The fraction of sp³-hybridized carbons (Fsp3) is 0.727. The average Bonchev–Trinajstić information content (AvgIpc) is 2.45. The summed E-state index contributed by atoms with van der Waals surface area (Å²) in [6.07, 6.45) is 6.87. The summed E-state index contributed by atoms with van der Waals surface area (Å²) in [5, 5.41) is 0. The minimum absolute atomic E-state index is 0.0101. The number of rotatable bonds is 5. The fourth-order valence-electron chi connectivity index (χ4n) is 1.79. The Kier molecular flexibility index (Phi) is 4.00. The molecule has 1 rings (SSSR count). The number of ether oxygens (including phenoxy) is 1. The Hall–Kier alpha value is -0.790. The van der Waals surface area contributed by atoms with Crippen LogP contribution in [0.3, 0.4) is 0 Å². The molecule has 1 aliphatic rings. The first-order valence-electron chi connectivity index (χ1n) is 5.09. The van der Waals surface area contributed by atoms with Gasteiger partial charge >= 0.3 is 5.97 Å². The van der Waals surface area contributed by atoms with Crippen molar-refractivity contribution in [1.82, 2.24) is 0 Å². The van der Waals surface area contributed by atoms with Gasteiger partial charge in [0.15, 0.2) is 0 Å². The SMILES string of the molecule is C=CCC[C@H]1CC(CCC)C(=O)O1. The van der Waals surface area contributed by atoms with Crippen molar-refractivity contribution in [3.63, 3.8) is 0 Å². The molecule has 1 saturated heterocycles. The van der Waals surface area contributed by atoms with Crippen molar-refractivity contribution in [1.29, 1.82) is 0 Å². The fourth-order valence-corrected chi connectivity index (χ4v) is 1.79. The summed E-state index contributed by atoms with van der Waals surface area (Å²) in [5.74, 6) is 0.177. The van der Waals surface area contributed by atoms with Gasteiger partial charge in [-0.15, -0.1) is 6.58 Å². The minimum atomic E-state index is 0.0101. The number of carbonyl (C=O) groups is 1. The van der Waals surface area contributed by atoms with Crippen molar-refractivity contribution in [3.05, 3.63) is 12.7 Å². The molecule has 0 N–H and O–H groups in total. The number of hydrogen-bond acceptors (Lipinski definition) is 2. The van der Waals surface area contributed by atoms with Crippen LogP contribution in [0.15, 0.2) is 12.7 Å². The van der Waals surface area contributed by atoms with Crippen molar-refractivity contribution in [3.8, 4) is 0 Å². The highest BCUT2D eigenvalue weighted by Gasteiger charge is 2.32. The molecule has 0 aliphatic carbocycles. The van der Waals surface area contributed by atoms with Crippen molar-refractivity contribution < 1.29 is 9.53 Å². The van der Waals surface area contributed by atoms with Gasteiger partial charge in [0.1, 0.15) is 6.10 Å². The van der Waals surface area contributed by atoms with E-state index in [-0.39, 0.29) is 18.0 Å². The minimum Gasteiger partial charge on any atom is -0.462 e. The van der Waals surface area contributed by atoms with Crippen LogP contribution in [0, 0.1) is 5.92 Å². The normalized spacial score (nSPS) is 27.3. The highest BCUT2D eigenvalue weighted by atomic mass is 16.5. The topological polar surface area (TPSA) is 26.3 Å². The second-order valence-corrected chi connectivity index (χ2v) is 3.65. The van der Waals surface area contributed by atoms with Gasteiger partial charge in [-0.2, -0.15) is 0 Å². The molecule has 0 radical (unpaired) electrons. The zero-order valence-electron chi connectivity index (χ0n) is 8.29. The average molecular weight is 182 g/mol. The molecule has 0 bridgehead atoms. The summed E-state index contributed by atoms with van der Waals surface area (Å²) < 4.78 is 5.24. The van der Waals surface area contributed by atoms with E-state index in [1.54, 1.807) is 0 Å². The lowest BCUT2D eigenvalue weighted by atomic mass is 9.98. The van der Waals surface area contributed by atoms with Crippen LogP contribution in [0.2, 0.25) is 0 Å². The molecule has 1 heterocycles. The molecule has 2 heteroatoms. The molecule has 0 spiro atoms. The predicted octanol–water partition coefficient (Wildman–Crippen LogP) is 2.68. The number of cyclic esters (lactones) is 1. The first kappa shape index (κ1) is 10.3. The number of hydrogen-bond donors (Lipinski definition) is 0. The van der Waals surface area contributed by atoms with Gasteiger partial charge in [-0.3, -0.25) is 4.79 Å². The molecule has 0 amide bonds. The molecule has 2 atom stereocenters. The van der Waals surface area contributed by atoms with E-state index in [2.05, 4.69) is 13.5 Å². The third kappa shape index (κ3) is 2.87. The van der Waals surface area contributed by atoms with Crippen molar-refractivity contribution in [2.75, 3.05) is 0 Å². The first-order chi connectivity index (χ1) is 6.27. The molecule has 2 nitrogen and oxygen atoms in total. The van der Waals surface area contributed by atoms with Crippen LogP contribution in [0.4, 0.5) is 0 Å². The zero-order valence-corrected chi connectivity index (χ0v) is 8.29. The lowest BCUT2D eigenvalue weighted by molar-refractivity contribution is -0.144. The van der Waals surface area contributed by atoms with Crippen LogP contribution < -0.4 is 0 Å². The number of carbonyl (C=O) groups excluding carboxylic acids is 1. The summed E-state index contributed by atoms with van der Waals surface area (Å²) in [6, 6.07) is 0. The second kappa shape index (κ2) is 5.05. The van der Waals surface area contributed by atoms with Crippen LogP contribution >= 0.6 is 0 Å². The van der Waals surface area contributed by atoms with E-state index < -0.39 is 0 Å². The molecular weight excluding hydrogens is 164 g/mol. The molecular formula is C11H18O2. The van der Waals surface area contributed by atoms with E-state index in [0.29, 0.717) is 0 Å². The standard InChI is InChI=1S/C11H18O2/c1-3-5-7-10-8-9(6-4-2)11(12)13-10/h3,9-10H,1,4-8H2,2H3/t9?,10-/m0/s1. The van der Waals surface area contributed by atoms with Gasteiger partial charge in [-0.05, 0) is 25.7 Å². The summed E-state index contributed by atoms with van der Waals surface area (Å²) in [7, 11) is 0. The third-order valence-electron chi connectivity index (χ3n) is 2.49. The predicted molar refractivity (Wildman–Crippen MR) is 52.3 cm³/mol. The quantitative estimate of drug-likeness (QED) is 0.482. The van der Waals surface area contributed by atoms with Crippen molar-refractivity contribution in [2.45, 2.75) is 45.1 Å². The van der Waals surface area contributed by atoms with Crippen LogP contribution in [0.25, 0.3) is 0 Å². The molecule has 1 aliphatic heterocycles. The van der Waals surface area contributed by atoms with Crippen LogP contribution in [0.1, 0.15) is 39.0 Å². The zero-order chi connectivity index (χ0) is 9.68. The maximum absolute atomic E-state index is 11.3. The third-order valence-corrected chi connectivity index (χ3v) is 2.49. The van der Waals surface area contributed by atoms with Gasteiger partial charge in [0, 0.05) is 0 Å². The van der Waals surface area contributed by atoms with E-state index in [0.717, 1.165) is 32.1 Å². The number of allylic oxidation sites excluding steroid dienone is 1. The molecule has 1 fully saturated rings. The Morgan fingerprint density at radius 3 is 3.00 bits per heavy atom. The first-order valence-corrected chi connectivity index (χ1v) is 5.09. The van der Waals surface area contributed by atoms with Gasteiger partial charge in [0.05, 0.1) is 5.92 Å². The van der Waals surface area contributed by atoms with Crippen LogP contribution in [0.5, 0.6) is 0 Å². The molecule has 0 aromatic heterocycles. The summed E-state index contributed by atoms with van der Waals surface area (Å²) in [4.78, 5) is 11.3. The van der Waals surface area contributed by atoms with E-state index >= 15 is 0 Å². The Morgan fingerprint density at radius 1 is 1.62 bits per heavy atom. The Labute approximate surface area is 80.0 Å². The largest absolute Gasteiger partial charge is 0.462 e. The molecule has 1 unspecified atom stereocenters. The molecule has 0 saturated carbocycles. The number of esters is 1. The van der Waals surface area contributed by atoms with E-state index in [1.807, 2.05) is 6.08 Å². The molecule has 13 heavy (non-hydrogen) atoms. The smallest absolute Gasteiger partial charge is 0.309 e. The van der Waals surface area contributed by atoms with Gasteiger partial charge in [0.25, 0.3) is 0 Å². The maximum atomic E-state index is 11.3. The van der Waals surface area contributed by atoms with Gasteiger partial charge in [0.2, 0.25) is 0 Å². The Bertz CT molecular complexity index is 187. The molecule has 0 aromatic carbocycles. The lowest BCUT2D eigenvalue weighted by Crippen LogP contribution is -2.06. The Balaban J connectivity index is 2.31. The van der Waals surface area contributed by atoms with Crippen LogP contribution in [-0.4, -0.2) is 12.1 Å². The van der Waals surface area contributed by atoms with E-state index in [1.165, 1.54) is 0 Å². The van der Waals surface area contributed by atoms with Crippen LogP contribution in [-0.2, 0) is 9.53 Å². The van der Waals surface area contributed by atoms with Gasteiger partial charge in [-0.1, -0.05) is 19.4 Å². The highest BCUT2D eigenvalue weighted by Crippen LogP contribution is 2.27. The summed E-state index contributed by atoms with van der Waals surface area (Å²) >= 11 is 0. The Morgan fingerprint density at radius 2 is 2.38 bits per heavy atom. The lowest BCUT2D eigenvalue weighted by Gasteiger charge is -2.05. The monoisotopic (exact) mass is 182 g/mol. The van der Waals surface area contributed by atoms with Crippen molar-refractivity contribution in [2.24, 2.45) is 5.92 Å². The maximum Gasteiger partial charge on any atom is 0.309 e. The van der Waals surface area contributed by atoms with E-state index in [4.69, 9.17) is 4.74 Å². The molecule has 0 aromatic rings. The van der Waals surface area contributed by atoms with Crippen molar-refractivity contribution >= 4 is 5.97 Å². The van der Waals surface area contributed by atoms with Gasteiger partial charge in [-0.25, -0.2) is 0 Å². The van der Waals surface area contributed by atoms with Gasteiger partial charge < -0.3 is 4.74 Å². The summed E-state index contributed by atoms with van der Waals surface area (Å²) in [6.45, 7) is 5.76. The molecule has 74 valence electrons. The summed E-state index contributed by atoms with van der Waals surface area (Å²) in [5.41, 5.74) is 0.